The summed E-state index contributed by atoms with van der Waals surface area (Å²) in [6.45, 7) is 0. The standard InChI is InChI=1S/C28H18N2O6/c31-27-24-15-14-23(18-25(24)36-26(27)17-19-8-7-13-22(16-19)30(33)34)35-28(32)29(20-9-3-1-4-10-20)21-11-5-2-6-12-21/h1-18H/b26-17-. The van der Waals surface area contributed by atoms with Gasteiger partial charge >= 0.3 is 6.09 Å². The molecule has 1 heterocycles. The van der Waals surface area contributed by atoms with E-state index >= 15 is 0 Å². The first-order valence-corrected chi connectivity index (χ1v) is 10.9. The molecule has 176 valence electrons. The fourth-order valence-corrected chi connectivity index (χ4v) is 3.77. The topological polar surface area (TPSA) is 99.0 Å². The third-order valence-corrected chi connectivity index (χ3v) is 5.44. The summed E-state index contributed by atoms with van der Waals surface area (Å²) >= 11 is 0. The Morgan fingerprint density at radius 3 is 2.17 bits per heavy atom. The first-order chi connectivity index (χ1) is 17.5. The summed E-state index contributed by atoms with van der Waals surface area (Å²) in [6, 6.07) is 28.5. The highest BCUT2D eigenvalue weighted by molar-refractivity contribution is 6.14. The number of allylic oxidation sites excluding steroid dienone is 1. The molecule has 0 fully saturated rings. The number of nitrogens with zero attached hydrogens (tertiary/aromatic N) is 2. The van der Waals surface area contributed by atoms with Gasteiger partial charge < -0.3 is 9.47 Å². The van der Waals surface area contributed by atoms with Gasteiger partial charge in [-0.3, -0.25) is 14.9 Å². The minimum Gasteiger partial charge on any atom is -0.452 e. The number of ether oxygens (including phenoxy) is 2. The summed E-state index contributed by atoms with van der Waals surface area (Å²) in [4.78, 5) is 37.9. The Labute approximate surface area is 205 Å². The van der Waals surface area contributed by atoms with E-state index in [1.807, 2.05) is 36.4 Å². The van der Waals surface area contributed by atoms with E-state index in [0.717, 1.165) is 0 Å². The van der Waals surface area contributed by atoms with E-state index in [1.165, 1.54) is 47.4 Å². The summed E-state index contributed by atoms with van der Waals surface area (Å²) < 4.78 is 11.4. The van der Waals surface area contributed by atoms with E-state index in [4.69, 9.17) is 9.47 Å². The molecule has 5 rings (SSSR count). The zero-order valence-electron chi connectivity index (χ0n) is 18.7. The van der Waals surface area contributed by atoms with Crippen LogP contribution in [0.4, 0.5) is 21.9 Å². The van der Waals surface area contributed by atoms with Crippen molar-refractivity contribution in [3.8, 4) is 11.5 Å². The average molecular weight is 478 g/mol. The molecule has 0 N–H and O–H groups in total. The molecular formula is C28H18N2O6. The molecule has 0 aliphatic carbocycles. The van der Waals surface area contributed by atoms with Crippen LogP contribution in [0.5, 0.6) is 11.5 Å². The highest BCUT2D eigenvalue weighted by Gasteiger charge is 2.29. The summed E-state index contributed by atoms with van der Waals surface area (Å²) in [5.41, 5.74) is 1.91. The van der Waals surface area contributed by atoms with Crippen molar-refractivity contribution in [2.24, 2.45) is 0 Å². The van der Waals surface area contributed by atoms with Crippen molar-refractivity contribution in [3.63, 3.8) is 0 Å². The van der Waals surface area contributed by atoms with Gasteiger partial charge in [-0.05, 0) is 48.0 Å². The predicted octanol–water partition coefficient (Wildman–Crippen LogP) is 6.55. The van der Waals surface area contributed by atoms with Gasteiger partial charge in [-0.15, -0.1) is 0 Å². The minimum atomic E-state index is -0.635. The number of non-ortho nitro benzene ring substituents is 1. The van der Waals surface area contributed by atoms with E-state index in [1.54, 1.807) is 30.3 Å². The quantitative estimate of drug-likeness (QED) is 0.183. The number of hydrogen-bond acceptors (Lipinski definition) is 6. The van der Waals surface area contributed by atoms with Gasteiger partial charge in [-0.25, -0.2) is 9.69 Å². The molecule has 0 bridgehead atoms. The van der Waals surface area contributed by atoms with Gasteiger partial charge in [0.2, 0.25) is 5.78 Å². The second kappa shape index (κ2) is 9.55. The number of para-hydroxylation sites is 2. The predicted molar refractivity (Wildman–Crippen MR) is 134 cm³/mol. The van der Waals surface area contributed by atoms with Crippen molar-refractivity contribution in [1.29, 1.82) is 0 Å². The van der Waals surface area contributed by atoms with Gasteiger partial charge in [0.05, 0.1) is 21.9 Å². The van der Waals surface area contributed by atoms with E-state index < -0.39 is 11.0 Å². The van der Waals surface area contributed by atoms with Crippen LogP contribution in [0, 0.1) is 10.1 Å². The van der Waals surface area contributed by atoms with Crippen LogP contribution in [-0.2, 0) is 0 Å². The lowest BCUT2D eigenvalue weighted by molar-refractivity contribution is -0.384. The molecule has 0 aromatic heterocycles. The van der Waals surface area contributed by atoms with Crippen molar-refractivity contribution in [1.82, 2.24) is 0 Å². The number of carbonyl (C=O) groups excluding carboxylic acids is 2. The Morgan fingerprint density at radius 1 is 0.861 bits per heavy atom. The lowest BCUT2D eigenvalue weighted by Gasteiger charge is -2.22. The number of ketones is 1. The number of anilines is 2. The molecule has 0 radical (unpaired) electrons. The molecule has 8 nitrogen and oxygen atoms in total. The fraction of sp³-hybridized carbons (Fsp3) is 0. The molecule has 0 spiro atoms. The van der Waals surface area contributed by atoms with Crippen molar-refractivity contribution < 1.29 is 24.0 Å². The van der Waals surface area contributed by atoms with Gasteiger partial charge in [0.15, 0.2) is 5.76 Å². The number of fused-ring (bicyclic) bond motifs is 1. The highest BCUT2D eigenvalue weighted by atomic mass is 16.6. The van der Waals surface area contributed by atoms with E-state index in [-0.39, 0.29) is 28.7 Å². The van der Waals surface area contributed by atoms with Crippen LogP contribution in [0.2, 0.25) is 0 Å². The molecule has 4 aromatic carbocycles. The molecule has 0 saturated carbocycles. The third-order valence-electron chi connectivity index (χ3n) is 5.44. The Balaban J connectivity index is 1.39. The molecule has 0 saturated heterocycles. The summed E-state index contributed by atoms with van der Waals surface area (Å²) in [7, 11) is 0. The number of benzene rings is 4. The molecular weight excluding hydrogens is 460 g/mol. The number of rotatable bonds is 5. The smallest absolute Gasteiger partial charge is 0.424 e. The van der Waals surface area contributed by atoms with Crippen LogP contribution >= 0.6 is 0 Å². The lowest BCUT2D eigenvalue weighted by Crippen LogP contribution is -2.29. The Hall–Kier alpha value is -5.24. The highest BCUT2D eigenvalue weighted by Crippen LogP contribution is 2.36. The maximum atomic E-state index is 13.2. The molecule has 0 atom stereocenters. The third kappa shape index (κ3) is 4.55. The van der Waals surface area contributed by atoms with Crippen molar-refractivity contribution in [2.45, 2.75) is 0 Å². The summed E-state index contributed by atoms with van der Waals surface area (Å²) in [5, 5.41) is 11.0. The zero-order chi connectivity index (χ0) is 25.1. The van der Waals surface area contributed by atoms with E-state index in [0.29, 0.717) is 22.5 Å². The van der Waals surface area contributed by atoms with Crippen molar-refractivity contribution >= 4 is 35.0 Å². The van der Waals surface area contributed by atoms with Crippen LogP contribution in [0.3, 0.4) is 0 Å². The van der Waals surface area contributed by atoms with Crippen molar-refractivity contribution in [2.75, 3.05) is 4.90 Å². The summed E-state index contributed by atoms with van der Waals surface area (Å²) in [6.07, 6.45) is 0.803. The van der Waals surface area contributed by atoms with Crippen LogP contribution < -0.4 is 14.4 Å². The average Bonchev–Trinajstić information content (AvgIpc) is 3.19. The molecule has 8 heteroatoms. The van der Waals surface area contributed by atoms with Gasteiger partial charge in [-0.1, -0.05) is 48.5 Å². The molecule has 1 aliphatic heterocycles. The van der Waals surface area contributed by atoms with Crippen LogP contribution in [0.1, 0.15) is 15.9 Å². The van der Waals surface area contributed by atoms with E-state index in [9.17, 15) is 19.7 Å². The first-order valence-electron chi connectivity index (χ1n) is 10.9. The monoisotopic (exact) mass is 478 g/mol. The Kier molecular flexibility index (Phi) is 5.98. The largest absolute Gasteiger partial charge is 0.452 e. The number of hydrogen-bond donors (Lipinski definition) is 0. The van der Waals surface area contributed by atoms with Gasteiger partial charge in [0, 0.05) is 18.2 Å². The first kappa shape index (κ1) is 22.5. The second-order valence-electron chi connectivity index (χ2n) is 7.82. The molecule has 1 amide bonds. The second-order valence-corrected chi connectivity index (χ2v) is 7.82. The molecule has 0 unspecified atom stereocenters. The number of amides is 1. The van der Waals surface area contributed by atoms with Gasteiger partial charge in [-0.2, -0.15) is 0 Å². The maximum Gasteiger partial charge on any atom is 0.424 e. The van der Waals surface area contributed by atoms with E-state index in [2.05, 4.69) is 0 Å². The molecule has 36 heavy (non-hydrogen) atoms. The van der Waals surface area contributed by atoms with Crippen LogP contribution in [0.25, 0.3) is 6.08 Å². The number of nitro groups is 1. The SMILES string of the molecule is O=C1/C(=C/c2cccc([N+](=O)[O-])c2)Oc2cc(OC(=O)N(c3ccccc3)c3ccccc3)ccc21. The van der Waals surface area contributed by atoms with Gasteiger partial charge in [0.25, 0.3) is 5.69 Å². The lowest BCUT2D eigenvalue weighted by atomic mass is 10.1. The Bertz CT molecular complexity index is 1460. The number of Topliss-reactive ketones (excluding diaryl/α,β-unsaturated/α-hetero) is 1. The number of nitro benzene ring substituents is 1. The fourth-order valence-electron chi connectivity index (χ4n) is 3.77. The summed E-state index contributed by atoms with van der Waals surface area (Å²) in [5.74, 6) is 0.0710. The normalized spacial score (nSPS) is 13.1. The maximum absolute atomic E-state index is 13.2. The Morgan fingerprint density at radius 2 is 1.53 bits per heavy atom. The van der Waals surface area contributed by atoms with Gasteiger partial charge in [0.1, 0.15) is 11.5 Å². The zero-order valence-corrected chi connectivity index (χ0v) is 18.7. The molecule has 1 aliphatic rings. The molecule has 4 aromatic rings. The minimum absolute atomic E-state index is 0.0178. The van der Waals surface area contributed by atoms with Crippen molar-refractivity contribution in [3.05, 3.63) is 130 Å². The number of carbonyl (C=O) groups is 2. The van der Waals surface area contributed by atoms with Crippen LogP contribution in [-0.4, -0.2) is 16.8 Å². The van der Waals surface area contributed by atoms with Crippen LogP contribution in [0.15, 0.2) is 109 Å².